The van der Waals surface area contributed by atoms with Gasteiger partial charge in [-0.2, -0.15) is 0 Å². The second-order valence-electron chi connectivity index (χ2n) is 13.3. The van der Waals surface area contributed by atoms with Gasteiger partial charge in [-0.3, -0.25) is 19.2 Å². The SMILES string of the molecule is C=CCCC(=O)N[C@@H](C)[C@H](OC(=O)[C@@H]1[C@H]2C(=O)N([C@@H](CO)[C@@H](C)CC)[C@H](C(=O)N(CC=C)CCCC)[C@]23CC[C@H]1O3)c1ccccc1. The number of benzene rings is 1. The van der Waals surface area contributed by atoms with Gasteiger partial charge in [0, 0.05) is 19.5 Å². The van der Waals surface area contributed by atoms with E-state index in [-0.39, 0.29) is 36.7 Å². The van der Waals surface area contributed by atoms with Crippen LogP contribution in [-0.4, -0.2) is 88.1 Å². The Morgan fingerprint density at radius 3 is 2.53 bits per heavy atom. The van der Waals surface area contributed by atoms with Crippen molar-refractivity contribution in [1.29, 1.82) is 0 Å². The highest BCUT2D eigenvalue weighted by atomic mass is 16.6. The number of fused-ring (bicyclic) bond motifs is 1. The Hall–Kier alpha value is -3.50. The molecule has 10 heteroatoms. The van der Waals surface area contributed by atoms with Crippen molar-refractivity contribution in [3.05, 3.63) is 61.2 Å². The molecule has 1 aromatic carbocycles. The summed E-state index contributed by atoms with van der Waals surface area (Å²) in [6.07, 6.45) is 6.00. The molecule has 47 heavy (non-hydrogen) atoms. The van der Waals surface area contributed by atoms with Gasteiger partial charge in [-0.25, -0.2) is 0 Å². The van der Waals surface area contributed by atoms with Crippen LogP contribution in [0.3, 0.4) is 0 Å². The van der Waals surface area contributed by atoms with E-state index in [1.165, 1.54) is 0 Å². The van der Waals surface area contributed by atoms with Crippen LogP contribution in [0.5, 0.6) is 0 Å². The first kappa shape index (κ1) is 36.3. The monoisotopic (exact) mass is 651 g/mol. The molecule has 258 valence electrons. The number of carbonyl (C=O) groups excluding carboxylic acids is 4. The van der Waals surface area contributed by atoms with Crippen molar-refractivity contribution in [3.8, 4) is 0 Å². The Morgan fingerprint density at radius 1 is 1.19 bits per heavy atom. The van der Waals surface area contributed by atoms with Gasteiger partial charge in [0.1, 0.15) is 17.7 Å². The highest BCUT2D eigenvalue weighted by molar-refractivity contribution is 5.98. The van der Waals surface area contributed by atoms with Gasteiger partial charge < -0.3 is 29.7 Å². The van der Waals surface area contributed by atoms with Gasteiger partial charge in [-0.1, -0.05) is 76.1 Å². The second kappa shape index (κ2) is 16.1. The van der Waals surface area contributed by atoms with Crippen LogP contribution in [0, 0.1) is 17.8 Å². The van der Waals surface area contributed by atoms with E-state index in [4.69, 9.17) is 9.47 Å². The number of allylic oxidation sites excluding steroid dienone is 1. The number of amides is 3. The second-order valence-corrected chi connectivity index (χ2v) is 13.3. The van der Waals surface area contributed by atoms with Crippen LogP contribution in [0.25, 0.3) is 0 Å². The van der Waals surface area contributed by atoms with Crippen molar-refractivity contribution in [2.45, 2.75) is 109 Å². The molecule has 3 fully saturated rings. The van der Waals surface area contributed by atoms with E-state index in [2.05, 4.69) is 25.4 Å². The zero-order chi connectivity index (χ0) is 34.3. The largest absolute Gasteiger partial charge is 0.455 e. The lowest BCUT2D eigenvalue weighted by Crippen LogP contribution is -2.59. The van der Waals surface area contributed by atoms with Crippen molar-refractivity contribution in [1.82, 2.24) is 15.1 Å². The average Bonchev–Trinajstić information content (AvgIpc) is 3.72. The van der Waals surface area contributed by atoms with E-state index in [0.29, 0.717) is 44.3 Å². The minimum absolute atomic E-state index is 0.103. The summed E-state index contributed by atoms with van der Waals surface area (Å²) in [5.41, 5.74) is -0.515. The Bertz CT molecular complexity index is 1290. The van der Waals surface area contributed by atoms with E-state index in [1.54, 1.807) is 28.9 Å². The van der Waals surface area contributed by atoms with Crippen LogP contribution in [0.15, 0.2) is 55.6 Å². The maximum atomic E-state index is 14.6. The summed E-state index contributed by atoms with van der Waals surface area (Å²) in [5, 5.41) is 13.6. The smallest absolute Gasteiger partial charge is 0.313 e. The van der Waals surface area contributed by atoms with Crippen molar-refractivity contribution in [3.63, 3.8) is 0 Å². The van der Waals surface area contributed by atoms with E-state index < -0.39 is 53.7 Å². The molecule has 9 atom stereocenters. The number of rotatable bonds is 18. The van der Waals surface area contributed by atoms with Crippen LogP contribution >= 0.6 is 0 Å². The number of ether oxygens (including phenoxy) is 2. The molecule has 3 amide bonds. The van der Waals surface area contributed by atoms with Gasteiger partial charge in [-0.05, 0) is 44.1 Å². The Kier molecular flexibility index (Phi) is 12.4. The maximum absolute atomic E-state index is 14.6. The number of nitrogens with zero attached hydrogens (tertiary/aromatic N) is 2. The van der Waals surface area contributed by atoms with Gasteiger partial charge in [0.25, 0.3) is 0 Å². The van der Waals surface area contributed by atoms with Crippen LogP contribution in [-0.2, 0) is 28.7 Å². The number of aliphatic hydroxyl groups is 1. The highest BCUT2D eigenvalue weighted by Crippen LogP contribution is 2.59. The molecule has 3 aliphatic rings. The molecule has 4 rings (SSSR count). The molecule has 2 N–H and O–H groups in total. The summed E-state index contributed by atoms with van der Waals surface area (Å²) in [6, 6.07) is 7.03. The molecular formula is C37H53N3O7. The van der Waals surface area contributed by atoms with Gasteiger partial charge in [0.05, 0.1) is 36.6 Å². The standard InChI is InChI=1S/C37H53N3O7/c1-7-11-18-29(42)38-25(6)32(26-16-14-13-15-17-26)46-36(45)30-28-19-20-37(47-28)31(30)34(43)40(27(23-41)24(5)10-4)33(37)35(44)39(21-9-3)22-12-8-2/h7,9,13-17,24-25,27-28,30-33,41H,1,3,8,10-12,18-23H2,2,4-6H3,(H,38,42)/t24-,25-,27-,28+,30-,31-,32-,33+,37-/m0/s1. The van der Waals surface area contributed by atoms with Crippen LogP contribution in [0.2, 0.25) is 0 Å². The molecular weight excluding hydrogens is 598 g/mol. The normalized spacial score (nSPS) is 27.0. The lowest BCUT2D eigenvalue weighted by Gasteiger charge is -2.41. The topological polar surface area (TPSA) is 125 Å². The Balaban J connectivity index is 1.71. The summed E-state index contributed by atoms with van der Waals surface area (Å²) < 4.78 is 12.9. The van der Waals surface area contributed by atoms with Crippen LogP contribution < -0.4 is 5.32 Å². The van der Waals surface area contributed by atoms with Gasteiger partial charge in [0.15, 0.2) is 0 Å². The van der Waals surface area contributed by atoms with Gasteiger partial charge in [-0.15, -0.1) is 13.2 Å². The fraction of sp³-hybridized carbons (Fsp3) is 0.622. The predicted molar refractivity (Wildman–Crippen MR) is 179 cm³/mol. The number of carbonyl (C=O) groups is 4. The number of likely N-dealkylation sites (tertiary alicyclic amines) is 1. The van der Waals surface area contributed by atoms with Gasteiger partial charge in [0.2, 0.25) is 17.7 Å². The number of esters is 1. The van der Waals surface area contributed by atoms with E-state index in [0.717, 1.165) is 12.8 Å². The maximum Gasteiger partial charge on any atom is 0.313 e. The highest BCUT2D eigenvalue weighted by Gasteiger charge is 2.76. The first-order chi connectivity index (χ1) is 22.6. The minimum atomic E-state index is -1.22. The van der Waals surface area contributed by atoms with E-state index in [1.807, 2.05) is 44.2 Å². The fourth-order valence-corrected chi connectivity index (χ4v) is 7.72. The molecule has 10 nitrogen and oxygen atoms in total. The quantitative estimate of drug-likeness (QED) is 0.179. The lowest BCUT2D eigenvalue weighted by atomic mass is 9.70. The van der Waals surface area contributed by atoms with Crippen molar-refractivity contribution < 1.29 is 33.8 Å². The van der Waals surface area contributed by atoms with Crippen LogP contribution in [0.1, 0.15) is 84.3 Å². The number of aliphatic hydroxyl groups excluding tert-OH is 1. The molecule has 3 saturated heterocycles. The van der Waals surface area contributed by atoms with E-state index >= 15 is 0 Å². The molecule has 3 heterocycles. The summed E-state index contributed by atoms with van der Waals surface area (Å²) >= 11 is 0. The molecule has 3 aliphatic heterocycles. The van der Waals surface area contributed by atoms with Gasteiger partial charge >= 0.3 is 5.97 Å². The fourth-order valence-electron chi connectivity index (χ4n) is 7.72. The van der Waals surface area contributed by atoms with Crippen molar-refractivity contribution >= 4 is 23.7 Å². The predicted octanol–water partition coefficient (Wildman–Crippen LogP) is 4.34. The first-order valence-electron chi connectivity index (χ1n) is 17.3. The molecule has 0 radical (unpaired) electrons. The molecule has 1 spiro atoms. The average molecular weight is 652 g/mol. The molecule has 0 saturated carbocycles. The summed E-state index contributed by atoms with van der Waals surface area (Å²) in [7, 11) is 0. The number of nitrogens with one attached hydrogen (secondary N) is 1. The van der Waals surface area contributed by atoms with Crippen molar-refractivity contribution in [2.75, 3.05) is 19.7 Å². The third-order valence-corrected chi connectivity index (χ3v) is 10.3. The molecule has 0 unspecified atom stereocenters. The first-order valence-corrected chi connectivity index (χ1v) is 17.3. The third-order valence-electron chi connectivity index (χ3n) is 10.3. The number of hydrogen-bond donors (Lipinski definition) is 2. The molecule has 0 aromatic heterocycles. The van der Waals surface area contributed by atoms with Crippen LogP contribution in [0.4, 0.5) is 0 Å². The zero-order valence-electron chi connectivity index (χ0n) is 28.4. The summed E-state index contributed by atoms with van der Waals surface area (Å²) in [6.45, 7) is 15.8. The number of unbranched alkanes of at least 4 members (excludes halogenated alkanes) is 1. The van der Waals surface area contributed by atoms with Crippen molar-refractivity contribution in [2.24, 2.45) is 17.8 Å². The Morgan fingerprint density at radius 2 is 1.91 bits per heavy atom. The summed E-state index contributed by atoms with van der Waals surface area (Å²) in [5.74, 6) is -3.37. The minimum Gasteiger partial charge on any atom is -0.455 e. The molecule has 1 aromatic rings. The van der Waals surface area contributed by atoms with E-state index in [9.17, 15) is 24.3 Å². The molecule has 0 aliphatic carbocycles. The zero-order valence-corrected chi connectivity index (χ0v) is 28.4. The molecule has 2 bridgehead atoms. The lowest BCUT2D eigenvalue weighted by molar-refractivity contribution is -0.163. The summed E-state index contributed by atoms with van der Waals surface area (Å²) in [4.78, 5) is 59.3. The Labute approximate surface area is 279 Å². The number of hydrogen-bond acceptors (Lipinski definition) is 7. The third kappa shape index (κ3) is 7.18.